The second kappa shape index (κ2) is 4.72. The maximum Gasteiger partial charge on any atom is 0.237 e. The summed E-state index contributed by atoms with van der Waals surface area (Å²) >= 11 is 0. The zero-order valence-corrected chi connectivity index (χ0v) is 10.2. The molecule has 0 aromatic rings. The summed E-state index contributed by atoms with van der Waals surface area (Å²) in [5, 5.41) is 6.42. The minimum absolute atomic E-state index is 0.00150. The third-order valence-electron chi connectivity index (χ3n) is 3.92. The quantitative estimate of drug-likeness (QED) is 0.732. The normalized spacial score (nSPS) is 39.6. The molecule has 0 aromatic carbocycles. The van der Waals surface area contributed by atoms with Gasteiger partial charge in [0.05, 0.1) is 17.7 Å². The van der Waals surface area contributed by atoms with E-state index in [-0.39, 0.29) is 23.6 Å². The fraction of sp³-hybridized carbons (Fsp3) is 0.917. The van der Waals surface area contributed by atoms with Gasteiger partial charge in [0.2, 0.25) is 5.91 Å². The predicted molar refractivity (Wildman–Crippen MR) is 62.2 cm³/mol. The molecule has 4 heteroatoms. The highest BCUT2D eigenvalue weighted by Gasteiger charge is 2.39. The number of ether oxygens (including phenoxy) is 1. The van der Waals surface area contributed by atoms with Crippen LogP contribution in [0.2, 0.25) is 0 Å². The van der Waals surface area contributed by atoms with E-state index in [1.807, 2.05) is 6.92 Å². The van der Waals surface area contributed by atoms with Gasteiger partial charge in [0.1, 0.15) is 0 Å². The van der Waals surface area contributed by atoms with Crippen LogP contribution in [0.1, 0.15) is 39.5 Å². The first-order chi connectivity index (χ1) is 7.62. The molecule has 0 spiro atoms. The van der Waals surface area contributed by atoms with Crippen LogP contribution >= 0.6 is 0 Å². The van der Waals surface area contributed by atoms with Crippen molar-refractivity contribution in [3.63, 3.8) is 0 Å². The van der Waals surface area contributed by atoms with E-state index in [9.17, 15) is 4.79 Å². The van der Waals surface area contributed by atoms with E-state index in [0.717, 1.165) is 32.4 Å². The van der Waals surface area contributed by atoms with Crippen molar-refractivity contribution in [2.45, 2.75) is 57.2 Å². The lowest BCUT2D eigenvalue weighted by Gasteiger charge is -2.32. The van der Waals surface area contributed by atoms with E-state index in [1.54, 1.807) is 0 Å². The van der Waals surface area contributed by atoms with Crippen molar-refractivity contribution in [2.75, 3.05) is 13.2 Å². The first-order valence-electron chi connectivity index (χ1n) is 6.29. The topological polar surface area (TPSA) is 50.4 Å². The van der Waals surface area contributed by atoms with E-state index in [1.165, 1.54) is 6.42 Å². The Labute approximate surface area is 97.1 Å². The SMILES string of the molecule is CC1OCCC1(C)NC(=O)C1CCCCN1. The number of amides is 1. The molecule has 0 radical (unpaired) electrons. The molecule has 0 bridgehead atoms. The number of hydrogen-bond acceptors (Lipinski definition) is 3. The summed E-state index contributed by atoms with van der Waals surface area (Å²) in [6.07, 6.45) is 4.30. The summed E-state index contributed by atoms with van der Waals surface area (Å²) < 4.78 is 5.52. The molecule has 2 heterocycles. The van der Waals surface area contributed by atoms with Crippen LogP contribution < -0.4 is 10.6 Å². The van der Waals surface area contributed by atoms with Gasteiger partial charge in [0.25, 0.3) is 0 Å². The first kappa shape index (κ1) is 11.9. The molecule has 3 unspecified atom stereocenters. The molecule has 2 saturated heterocycles. The van der Waals surface area contributed by atoms with E-state index in [4.69, 9.17) is 4.74 Å². The van der Waals surface area contributed by atoms with Crippen LogP contribution in [0.5, 0.6) is 0 Å². The fourth-order valence-corrected chi connectivity index (χ4v) is 2.44. The minimum Gasteiger partial charge on any atom is -0.376 e. The van der Waals surface area contributed by atoms with Crippen LogP contribution in [-0.2, 0) is 9.53 Å². The van der Waals surface area contributed by atoms with Gasteiger partial charge in [-0.1, -0.05) is 6.42 Å². The maximum atomic E-state index is 12.1. The molecule has 2 fully saturated rings. The Morgan fingerprint density at radius 1 is 1.50 bits per heavy atom. The van der Waals surface area contributed by atoms with Crippen molar-refractivity contribution in [3.05, 3.63) is 0 Å². The van der Waals surface area contributed by atoms with Gasteiger partial charge in [-0.15, -0.1) is 0 Å². The summed E-state index contributed by atoms with van der Waals surface area (Å²) in [4.78, 5) is 12.1. The second-order valence-electron chi connectivity index (χ2n) is 5.17. The van der Waals surface area contributed by atoms with E-state index < -0.39 is 0 Å². The third-order valence-corrected chi connectivity index (χ3v) is 3.92. The number of nitrogens with one attached hydrogen (secondary N) is 2. The average Bonchev–Trinajstić information content (AvgIpc) is 2.60. The molecule has 2 aliphatic heterocycles. The predicted octanol–water partition coefficient (Wildman–Crippen LogP) is 0.812. The molecule has 92 valence electrons. The molecule has 4 nitrogen and oxygen atoms in total. The Kier molecular flexibility index (Phi) is 3.50. The van der Waals surface area contributed by atoms with Gasteiger partial charge in [-0.05, 0) is 39.7 Å². The largest absolute Gasteiger partial charge is 0.376 e. The monoisotopic (exact) mass is 226 g/mol. The highest BCUT2D eigenvalue weighted by molar-refractivity contribution is 5.82. The van der Waals surface area contributed by atoms with Gasteiger partial charge in [-0.25, -0.2) is 0 Å². The molecular weight excluding hydrogens is 204 g/mol. The van der Waals surface area contributed by atoms with Crippen molar-refractivity contribution in [1.82, 2.24) is 10.6 Å². The van der Waals surface area contributed by atoms with Crippen LogP contribution in [-0.4, -0.2) is 36.7 Å². The fourth-order valence-electron chi connectivity index (χ4n) is 2.44. The van der Waals surface area contributed by atoms with E-state index >= 15 is 0 Å². The Hall–Kier alpha value is -0.610. The van der Waals surface area contributed by atoms with Crippen molar-refractivity contribution in [1.29, 1.82) is 0 Å². The molecule has 1 amide bonds. The van der Waals surface area contributed by atoms with Gasteiger partial charge in [0, 0.05) is 6.61 Å². The van der Waals surface area contributed by atoms with Gasteiger partial charge in [-0.3, -0.25) is 4.79 Å². The van der Waals surface area contributed by atoms with Gasteiger partial charge >= 0.3 is 0 Å². The minimum atomic E-state index is -0.184. The number of rotatable bonds is 2. The zero-order valence-electron chi connectivity index (χ0n) is 10.2. The van der Waals surface area contributed by atoms with Gasteiger partial charge in [-0.2, -0.15) is 0 Å². The van der Waals surface area contributed by atoms with Crippen LogP contribution in [0.25, 0.3) is 0 Å². The van der Waals surface area contributed by atoms with Crippen molar-refractivity contribution in [3.8, 4) is 0 Å². The Morgan fingerprint density at radius 2 is 2.31 bits per heavy atom. The van der Waals surface area contributed by atoms with Crippen LogP contribution in [0, 0.1) is 0 Å². The summed E-state index contributed by atoms with van der Waals surface area (Å²) in [6, 6.07) is -0.00150. The summed E-state index contributed by atoms with van der Waals surface area (Å²) in [7, 11) is 0. The van der Waals surface area contributed by atoms with Crippen molar-refractivity contribution in [2.24, 2.45) is 0 Å². The number of carbonyl (C=O) groups is 1. The van der Waals surface area contributed by atoms with Crippen LogP contribution in [0.15, 0.2) is 0 Å². The van der Waals surface area contributed by atoms with E-state index in [0.29, 0.717) is 0 Å². The molecule has 3 atom stereocenters. The van der Waals surface area contributed by atoms with E-state index in [2.05, 4.69) is 17.6 Å². The number of carbonyl (C=O) groups excluding carboxylic acids is 1. The lowest BCUT2D eigenvalue weighted by atomic mass is 9.93. The van der Waals surface area contributed by atoms with Crippen molar-refractivity contribution >= 4 is 5.91 Å². The van der Waals surface area contributed by atoms with Gasteiger partial charge < -0.3 is 15.4 Å². The molecule has 0 aromatic heterocycles. The van der Waals surface area contributed by atoms with Gasteiger partial charge in [0.15, 0.2) is 0 Å². The molecule has 2 rings (SSSR count). The Balaban J connectivity index is 1.90. The highest BCUT2D eigenvalue weighted by Crippen LogP contribution is 2.25. The summed E-state index contributed by atoms with van der Waals surface area (Å²) in [5.41, 5.74) is -0.184. The summed E-state index contributed by atoms with van der Waals surface area (Å²) in [5.74, 6) is 0.138. The lowest BCUT2D eigenvalue weighted by Crippen LogP contribution is -2.57. The molecule has 16 heavy (non-hydrogen) atoms. The molecule has 0 aliphatic carbocycles. The number of piperidine rings is 1. The van der Waals surface area contributed by atoms with Crippen LogP contribution in [0.4, 0.5) is 0 Å². The highest BCUT2D eigenvalue weighted by atomic mass is 16.5. The van der Waals surface area contributed by atoms with Crippen LogP contribution in [0.3, 0.4) is 0 Å². The second-order valence-corrected chi connectivity index (χ2v) is 5.17. The van der Waals surface area contributed by atoms with Crippen molar-refractivity contribution < 1.29 is 9.53 Å². The molecule has 2 aliphatic rings. The smallest absolute Gasteiger partial charge is 0.237 e. The summed E-state index contributed by atoms with van der Waals surface area (Å²) in [6.45, 7) is 5.81. The Bertz CT molecular complexity index is 264. The number of hydrogen-bond donors (Lipinski definition) is 2. The lowest BCUT2D eigenvalue weighted by molar-refractivity contribution is -0.126. The zero-order chi connectivity index (χ0) is 11.6. The first-order valence-corrected chi connectivity index (χ1v) is 6.29. The maximum absolute atomic E-state index is 12.1. The molecular formula is C12H22N2O2. The molecule has 2 N–H and O–H groups in total. The average molecular weight is 226 g/mol. The standard InChI is InChI=1S/C12H22N2O2/c1-9-12(2,6-8-16-9)14-11(15)10-5-3-4-7-13-10/h9-10,13H,3-8H2,1-2H3,(H,14,15). The molecule has 0 saturated carbocycles. The third kappa shape index (κ3) is 2.38. The Morgan fingerprint density at radius 3 is 2.88 bits per heavy atom.